The number of hydrogen-bond acceptors (Lipinski definition) is 5. The third kappa shape index (κ3) is 3.32. The number of halogens is 1. The molecule has 0 spiro atoms. The van der Waals surface area contributed by atoms with Gasteiger partial charge in [-0.15, -0.1) is 0 Å². The molecule has 0 bridgehead atoms. The van der Waals surface area contributed by atoms with E-state index in [2.05, 4.69) is 28.2 Å². The van der Waals surface area contributed by atoms with E-state index in [-0.39, 0.29) is 5.82 Å². The molecule has 1 N–H and O–H groups in total. The zero-order chi connectivity index (χ0) is 17.1. The molecule has 2 aromatic rings. The Labute approximate surface area is 141 Å². The molecule has 0 aliphatic carbocycles. The standard InChI is InChI=1S/C18H21FN4O/c1-12-7-15(19)8-16-17(12)22-11-14(9-20)18(16)21-10-13(2)23-3-5-24-6-4-23/h7-8,11,13H,3-6,10H2,1-2H3,(H,21,22). The molecule has 0 saturated carbocycles. The highest BCUT2D eigenvalue weighted by Crippen LogP contribution is 2.28. The number of nitriles is 1. The maximum atomic E-state index is 13.8. The van der Waals surface area contributed by atoms with Crippen LogP contribution in [-0.4, -0.2) is 48.8 Å². The smallest absolute Gasteiger partial charge is 0.124 e. The second kappa shape index (κ2) is 7.12. The van der Waals surface area contributed by atoms with Gasteiger partial charge in [0.05, 0.1) is 30.0 Å². The van der Waals surface area contributed by atoms with Gasteiger partial charge in [-0.1, -0.05) is 0 Å². The van der Waals surface area contributed by atoms with Crippen LogP contribution in [0.5, 0.6) is 0 Å². The molecule has 1 aliphatic rings. The van der Waals surface area contributed by atoms with E-state index in [4.69, 9.17) is 4.74 Å². The van der Waals surface area contributed by atoms with Crippen LogP contribution in [-0.2, 0) is 4.74 Å². The van der Waals surface area contributed by atoms with E-state index in [0.29, 0.717) is 29.2 Å². The van der Waals surface area contributed by atoms with Crippen molar-refractivity contribution < 1.29 is 9.13 Å². The van der Waals surface area contributed by atoms with E-state index >= 15 is 0 Å². The summed E-state index contributed by atoms with van der Waals surface area (Å²) in [4.78, 5) is 6.66. The first-order chi connectivity index (χ1) is 11.6. The fourth-order valence-electron chi connectivity index (χ4n) is 3.11. The van der Waals surface area contributed by atoms with Crippen molar-refractivity contribution in [2.24, 2.45) is 0 Å². The normalized spacial score (nSPS) is 16.8. The Morgan fingerprint density at radius 3 is 2.88 bits per heavy atom. The van der Waals surface area contributed by atoms with Crippen LogP contribution < -0.4 is 5.32 Å². The fourth-order valence-corrected chi connectivity index (χ4v) is 3.11. The first kappa shape index (κ1) is 16.6. The second-order valence-electron chi connectivity index (χ2n) is 6.16. The van der Waals surface area contributed by atoms with Crippen LogP contribution in [0.25, 0.3) is 10.9 Å². The van der Waals surface area contributed by atoms with Crippen molar-refractivity contribution in [3.8, 4) is 6.07 Å². The average Bonchev–Trinajstić information content (AvgIpc) is 2.60. The van der Waals surface area contributed by atoms with E-state index in [9.17, 15) is 9.65 Å². The summed E-state index contributed by atoms with van der Waals surface area (Å²) in [5, 5.41) is 13.4. The molecule has 1 saturated heterocycles. The number of anilines is 1. The van der Waals surface area contributed by atoms with Crippen molar-refractivity contribution >= 4 is 16.6 Å². The van der Waals surface area contributed by atoms with Crippen molar-refractivity contribution in [3.63, 3.8) is 0 Å². The fraction of sp³-hybridized carbons (Fsp3) is 0.444. The summed E-state index contributed by atoms with van der Waals surface area (Å²) in [7, 11) is 0. The van der Waals surface area contributed by atoms with E-state index in [1.54, 1.807) is 6.20 Å². The monoisotopic (exact) mass is 328 g/mol. The van der Waals surface area contributed by atoms with Gasteiger partial charge in [0.25, 0.3) is 0 Å². The highest BCUT2D eigenvalue weighted by Gasteiger charge is 2.18. The number of aryl methyl sites for hydroxylation is 1. The summed E-state index contributed by atoms with van der Waals surface area (Å²) >= 11 is 0. The Balaban J connectivity index is 1.88. The maximum Gasteiger partial charge on any atom is 0.124 e. The molecule has 2 heterocycles. The van der Waals surface area contributed by atoms with Gasteiger partial charge in [0.2, 0.25) is 0 Å². The highest BCUT2D eigenvalue weighted by molar-refractivity contribution is 5.95. The molecular weight excluding hydrogens is 307 g/mol. The number of benzene rings is 1. The molecule has 3 rings (SSSR count). The SMILES string of the molecule is Cc1cc(F)cc2c(NCC(C)N3CCOCC3)c(C#N)cnc12. The van der Waals surface area contributed by atoms with Crippen LogP contribution in [0.3, 0.4) is 0 Å². The first-order valence-electron chi connectivity index (χ1n) is 8.14. The van der Waals surface area contributed by atoms with Crippen LogP contribution in [0, 0.1) is 24.1 Å². The first-order valence-corrected chi connectivity index (χ1v) is 8.14. The van der Waals surface area contributed by atoms with E-state index in [1.165, 1.54) is 12.1 Å². The van der Waals surface area contributed by atoms with Crippen LogP contribution in [0.1, 0.15) is 18.1 Å². The quantitative estimate of drug-likeness (QED) is 0.935. The summed E-state index contributed by atoms with van der Waals surface area (Å²) in [6, 6.07) is 5.34. The largest absolute Gasteiger partial charge is 0.382 e. The molecule has 6 heteroatoms. The van der Waals surface area contributed by atoms with Gasteiger partial charge in [-0.3, -0.25) is 9.88 Å². The number of nitrogens with one attached hydrogen (secondary N) is 1. The third-order valence-electron chi connectivity index (χ3n) is 4.49. The molecule has 1 atom stereocenters. The number of ether oxygens (including phenoxy) is 1. The summed E-state index contributed by atoms with van der Waals surface area (Å²) in [6.45, 7) is 7.93. The molecule has 1 aromatic carbocycles. The van der Waals surface area contributed by atoms with Gasteiger partial charge in [-0.25, -0.2) is 4.39 Å². The molecule has 1 fully saturated rings. The number of rotatable bonds is 4. The molecule has 0 amide bonds. The van der Waals surface area contributed by atoms with E-state index in [0.717, 1.165) is 37.4 Å². The summed E-state index contributed by atoms with van der Waals surface area (Å²) < 4.78 is 19.2. The molecule has 126 valence electrons. The number of aromatic nitrogens is 1. The van der Waals surface area contributed by atoms with Crippen molar-refractivity contribution in [1.82, 2.24) is 9.88 Å². The van der Waals surface area contributed by atoms with E-state index in [1.807, 2.05) is 6.92 Å². The molecule has 0 radical (unpaired) electrons. The van der Waals surface area contributed by atoms with Crippen LogP contribution in [0.2, 0.25) is 0 Å². The van der Waals surface area contributed by atoms with Crippen LogP contribution in [0.4, 0.5) is 10.1 Å². The van der Waals surface area contributed by atoms with Crippen molar-refractivity contribution in [2.75, 3.05) is 38.2 Å². The van der Waals surface area contributed by atoms with Gasteiger partial charge >= 0.3 is 0 Å². The van der Waals surface area contributed by atoms with Gasteiger partial charge in [0.15, 0.2) is 0 Å². The lowest BCUT2D eigenvalue weighted by Gasteiger charge is -2.32. The number of nitrogens with zero attached hydrogens (tertiary/aromatic N) is 3. The zero-order valence-corrected chi connectivity index (χ0v) is 14.0. The highest BCUT2D eigenvalue weighted by atomic mass is 19.1. The minimum atomic E-state index is -0.318. The Bertz CT molecular complexity index is 781. The number of hydrogen-bond donors (Lipinski definition) is 1. The van der Waals surface area contributed by atoms with Gasteiger partial charge in [-0.05, 0) is 31.5 Å². The molecule has 5 nitrogen and oxygen atoms in total. The summed E-state index contributed by atoms with van der Waals surface area (Å²) in [6.07, 6.45) is 1.55. The van der Waals surface area contributed by atoms with Crippen molar-refractivity contribution in [1.29, 1.82) is 5.26 Å². The Morgan fingerprint density at radius 1 is 1.42 bits per heavy atom. The van der Waals surface area contributed by atoms with Crippen molar-refractivity contribution in [2.45, 2.75) is 19.9 Å². The minimum Gasteiger partial charge on any atom is -0.382 e. The van der Waals surface area contributed by atoms with Gasteiger partial charge in [-0.2, -0.15) is 5.26 Å². The lowest BCUT2D eigenvalue weighted by molar-refractivity contribution is 0.0227. The van der Waals surface area contributed by atoms with Gasteiger partial charge in [0, 0.05) is 37.3 Å². The Kier molecular flexibility index (Phi) is 4.93. The molecule has 24 heavy (non-hydrogen) atoms. The van der Waals surface area contributed by atoms with Crippen molar-refractivity contribution in [3.05, 3.63) is 35.3 Å². The molecule has 1 unspecified atom stereocenters. The minimum absolute atomic E-state index is 0.290. The van der Waals surface area contributed by atoms with Crippen LogP contribution in [0.15, 0.2) is 18.3 Å². The molecular formula is C18H21FN4O. The zero-order valence-electron chi connectivity index (χ0n) is 14.0. The molecule has 1 aromatic heterocycles. The van der Waals surface area contributed by atoms with E-state index < -0.39 is 0 Å². The lowest BCUT2D eigenvalue weighted by atomic mass is 10.1. The number of pyridine rings is 1. The Morgan fingerprint density at radius 2 is 2.17 bits per heavy atom. The number of morpholine rings is 1. The second-order valence-corrected chi connectivity index (χ2v) is 6.16. The summed E-state index contributed by atoms with van der Waals surface area (Å²) in [5.74, 6) is -0.318. The summed E-state index contributed by atoms with van der Waals surface area (Å²) in [5.41, 5.74) is 2.57. The topological polar surface area (TPSA) is 61.2 Å². The third-order valence-corrected chi connectivity index (χ3v) is 4.49. The van der Waals surface area contributed by atoms with Crippen LogP contribution >= 0.6 is 0 Å². The predicted octanol–water partition coefficient (Wildman–Crippen LogP) is 2.69. The predicted molar refractivity (Wildman–Crippen MR) is 91.5 cm³/mol. The van der Waals surface area contributed by atoms with Gasteiger partial charge < -0.3 is 10.1 Å². The molecule has 1 aliphatic heterocycles. The lowest BCUT2D eigenvalue weighted by Crippen LogP contribution is -2.45. The Hall–Kier alpha value is -2.23. The maximum absolute atomic E-state index is 13.8. The average molecular weight is 328 g/mol. The van der Waals surface area contributed by atoms with Gasteiger partial charge in [0.1, 0.15) is 11.9 Å². The number of fused-ring (bicyclic) bond motifs is 1.